The van der Waals surface area contributed by atoms with Gasteiger partial charge < -0.3 is 9.72 Å². The fourth-order valence-corrected chi connectivity index (χ4v) is 2.88. The molecule has 0 saturated carbocycles. The summed E-state index contributed by atoms with van der Waals surface area (Å²) in [6.45, 7) is 2.12. The van der Waals surface area contributed by atoms with E-state index in [1.165, 1.54) is 22.0 Å². The molecule has 0 aliphatic rings. The summed E-state index contributed by atoms with van der Waals surface area (Å²) >= 11 is 3.49. The van der Waals surface area contributed by atoms with Crippen LogP contribution in [0.4, 0.5) is 0 Å². The summed E-state index contributed by atoms with van der Waals surface area (Å²) in [5.41, 5.74) is 4.31. The largest absolute Gasteiger partial charge is 0.497 e. The van der Waals surface area contributed by atoms with Crippen LogP contribution in [-0.2, 0) is 5.45 Å². The van der Waals surface area contributed by atoms with E-state index in [9.17, 15) is 0 Å². The van der Waals surface area contributed by atoms with Gasteiger partial charge in [-0.25, -0.2) is 0 Å². The van der Waals surface area contributed by atoms with Crippen LogP contribution in [0.15, 0.2) is 30.5 Å². The first-order valence-corrected chi connectivity index (χ1v) is 6.91. The average Bonchev–Trinajstić information content (AvgIpc) is 2.77. The second-order valence-corrected chi connectivity index (χ2v) is 4.82. The molecule has 4 heteroatoms. The monoisotopic (exact) mass is 305 g/mol. The van der Waals surface area contributed by atoms with Crippen LogP contribution in [0.3, 0.4) is 0 Å². The number of aryl methyl sites for hydroxylation is 1. The Morgan fingerprint density at radius 2 is 2.11 bits per heavy atom. The third kappa shape index (κ3) is 1.60. The Kier molecular flexibility index (Phi) is 2.74. The van der Waals surface area contributed by atoms with Crippen LogP contribution >= 0.6 is 15.9 Å². The van der Waals surface area contributed by atoms with Gasteiger partial charge in [0.1, 0.15) is 11.3 Å². The number of pyridine rings is 1. The summed E-state index contributed by atoms with van der Waals surface area (Å²) in [6.07, 6.45) is 2.10. The Hall–Kier alpha value is -1.55. The molecule has 0 unspecified atom stereocenters. The number of fused-ring (bicyclic) bond motifs is 3. The van der Waals surface area contributed by atoms with Crippen molar-refractivity contribution in [3.05, 3.63) is 36.2 Å². The third-order valence-corrected chi connectivity index (χ3v) is 3.93. The SMILES string of the molecule is COc1ccc2c(c1)[nH]c1c(C)[n+](CBr)ccc12. The minimum Gasteiger partial charge on any atom is -0.497 e. The van der Waals surface area contributed by atoms with Gasteiger partial charge in [0.2, 0.25) is 11.1 Å². The molecule has 3 nitrogen and oxygen atoms in total. The number of nitrogens with zero attached hydrogens (tertiary/aromatic N) is 1. The van der Waals surface area contributed by atoms with Gasteiger partial charge in [0, 0.05) is 29.8 Å². The highest BCUT2D eigenvalue weighted by Gasteiger charge is 2.14. The minimum absolute atomic E-state index is 0.799. The van der Waals surface area contributed by atoms with Crippen molar-refractivity contribution in [3.63, 3.8) is 0 Å². The molecule has 0 aliphatic carbocycles. The van der Waals surface area contributed by atoms with E-state index in [2.05, 4.69) is 50.7 Å². The van der Waals surface area contributed by atoms with E-state index in [1.54, 1.807) is 7.11 Å². The van der Waals surface area contributed by atoms with Crippen molar-refractivity contribution in [2.45, 2.75) is 12.4 Å². The highest BCUT2D eigenvalue weighted by molar-refractivity contribution is 9.08. The lowest BCUT2D eigenvalue weighted by atomic mass is 10.1. The van der Waals surface area contributed by atoms with Crippen molar-refractivity contribution >= 4 is 37.7 Å². The molecule has 0 radical (unpaired) electrons. The Bertz CT molecular complexity index is 733. The minimum atomic E-state index is 0.799. The summed E-state index contributed by atoms with van der Waals surface area (Å²) in [4.78, 5) is 3.47. The van der Waals surface area contributed by atoms with Gasteiger partial charge in [-0.15, -0.1) is 0 Å². The molecule has 18 heavy (non-hydrogen) atoms. The lowest BCUT2D eigenvalue weighted by molar-refractivity contribution is -0.678. The van der Waals surface area contributed by atoms with Crippen LogP contribution in [0.2, 0.25) is 0 Å². The van der Waals surface area contributed by atoms with Crippen LogP contribution in [0.5, 0.6) is 5.75 Å². The molecule has 0 atom stereocenters. The van der Waals surface area contributed by atoms with Gasteiger partial charge >= 0.3 is 0 Å². The molecule has 1 N–H and O–H groups in total. The molecule has 0 spiro atoms. The van der Waals surface area contributed by atoms with Crippen molar-refractivity contribution in [1.29, 1.82) is 0 Å². The van der Waals surface area contributed by atoms with E-state index >= 15 is 0 Å². The second-order valence-electron chi connectivity index (χ2n) is 4.32. The average molecular weight is 306 g/mol. The quantitative estimate of drug-likeness (QED) is 0.571. The van der Waals surface area contributed by atoms with Crippen LogP contribution in [0, 0.1) is 6.92 Å². The van der Waals surface area contributed by atoms with E-state index in [1.807, 2.05) is 12.1 Å². The van der Waals surface area contributed by atoms with E-state index in [4.69, 9.17) is 4.74 Å². The lowest BCUT2D eigenvalue weighted by Crippen LogP contribution is -2.33. The fourth-order valence-electron chi connectivity index (χ4n) is 2.33. The number of hydrogen-bond donors (Lipinski definition) is 1. The molecule has 92 valence electrons. The highest BCUT2D eigenvalue weighted by Crippen LogP contribution is 2.28. The molecular formula is C14H14BrN2O+. The number of hydrogen-bond acceptors (Lipinski definition) is 1. The van der Waals surface area contributed by atoms with Gasteiger partial charge in [-0.05, 0) is 28.1 Å². The molecule has 3 rings (SSSR count). The highest BCUT2D eigenvalue weighted by atomic mass is 79.9. The number of methoxy groups -OCH3 is 1. The number of aromatic amines is 1. The number of benzene rings is 1. The first-order chi connectivity index (χ1) is 8.74. The van der Waals surface area contributed by atoms with Gasteiger partial charge in [0.25, 0.3) is 0 Å². The maximum atomic E-state index is 5.26. The first kappa shape index (κ1) is 11.5. The van der Waals surface area contributed by atoms with Crippen LogP contribution in [0.1, 0.15) is 5.69 Å². The standard InChI is InChI=1S/C14H13BrN2O/c1-9-14-12(5-6-17(9)8-15)11-4-3-10(18-2)7-13(11)16-14/h3-7H,8H2,1-2H3/p+1. The van der Waals surface area contributed by atoms with Gasteiger partial charge in [-0.2, -0.15) is 4.57 Å². The normalized spacial score (nSPS) is 11.3. The summed E-state index contributed by atoms with van der Waals surface area (Å²) in [6, 6.07) is 8.28. The van der Waals surface area contributed by atoms with Gasteiger partial charge in [-0.1, -0.05) is 0 Å². The lowest BCUT2D eigenvalue weighted by Gasteiger charge is -1.98. The number of nitrogens with one attached hydrogen (secondary N) is 1. The van der Waals surface area contributed by atoms with Crippen molar-refractivity contribution < 1.29 is 9.30 Å². The molecule has 3 aromatic rings. The van der Waals surface area contributed by atoms with Crippen LogP contribution < -0.4 is 9.30 Å². The summed E-state index contributed by atoms with van der Waals surface area (Å²) in [5, 5.41) is 2.48. The molecule has 1 aromatic carbocycles. The molecular weight excluding hydrogens is 292 g/mol. The third-order valence-electron chi connectivity index (χ3n) is 3.39. The number of aromatic nitrogens is 2. The molecule has 0 amide bonds. The zero-order chi connectivity index (χ0) is 12.7. The van der Waals surface area contributed by atoms with Gasteiger partial charge in [0.05, 0.1) is 12.6 Å². The predicted octanol–water partition coefficient (Wildman–Crippen LogP) is 3.28. The summed E-state index contributed by atoms with van der Waals surface area (Å²) in [5.74, 6) is 0.875. The molecule has 0 saturated heterocycles. The smallest absolute Gasteiger partial charge is 0.203 e. The zero-order valence-electron chi connectivity index (χ0n) is 10.3. The molecule has 0 aliphatic heterocycles. The fraction of sp³-hybridized carbons (Fsp3) is 0.214. The number of H-pyrrole nitrogens is 1. The van der Waals surface area contributed by atoms with Crippen LogP contribution in [0.25, 0.3) is 21.8 Å². The van der Waals surface area contributed by atoms with Crippen molar-refractivity contribution in [1.82, 2.24) is 4.98 Å². The Labute approximate surface area is 114 Å². The van der Waals surface area contributed by atoms with Crippen molar-refractivity contribution in [2.24, 2.45) is 0 Å². The molecule has 0 fully saturated rings. The maximum absolute atomic E-state index is 5.26. The Morgan fingerprint density at radius 1 is 1.28 bits per heavy atom. The Balaban J connectivity index is 2.38. The van der Waals surface area contributed by atoms with E-state index < -0.39 is 0 Å². The van der Waals surface area contributed by atoms with E-state index in [0.29, 0.717) is 0 Å². The number of halogens is 1. The summed E-state index contributed by atoms with van der Waals surface area (Å²) in [7, 11) is 1.69. The first-order valence-electron chi connectivity index (χ1n) is 5.79. The van der Waals surface area contributed by atoms with E-state index in [-0.39, 0.29) is 0 Å². The van der Waals surface area contributed by atoms with Crippen LogP contribution in [-0.4, -0.2) is 12.1 Å². The molecule has 2 aromatic heterocycles. The van der Waals surface area contributed by atoms with Gasteiger partial charge in [0.15, 0.2) is 6.20 Å². The van der Waals surface area contributed by atoms with E-state index in [0.717, 1.165) is 16.7 Å². The van der Waals surface area contributed by atoms with Gasteiger partial charge in [-0.3, -0.25) is 0 Å². The van der Waals surface area contributed by atoms with Crippen molar-refractivity contribution in [2.75, 3.05) is 7.11 Å². The maximum Gasteiger partial charge on any atom is 0.203 e. The number of ether oxygens (including phenoxy) is 1. The topological polar surface area (TPSA) is 28.9 Å². The zero-order valence-corrected chi connectivity index (χ0v) is 11.9. The summed E-state index contributed by atoms with van der Waals surface area (Å²) < 4.78 is 7.42. The second kappa shape index (κ2) is 4.28. The predicted molar refractivity (Wildman–Crippen MR) is 76.2 cm³/mol. The molecule has 2 heterocycles. The van der Waals surface area contributed by atoms with Crippen molar-refractivity contribution in [3.8, 4) is 5.75 Å². The number of alkyl halides is 1. The Morgan fingerprint density at radius 3 is 2.83 bits per heavy atom. The number of rotatable bonds is 2. The molecule has 0 bridgehead atoms.